The summed E-state index contributed by atoms with van der Waals surface area (Å²) < 4.78 is 0. The first-order valence-corrected chi connectivity index (χ1v) is 4.47. The Labute approximate surface area is 129 Å². The maximum Gasteiger partial charge on any atom is 2.00 e. The molecule has 84 valence electrons. The van der Waals surface area contributed by atoms with Crippen LogP contribution in [0.15, 0.2) is 48.5 Å². The molecule has 0 N–H and O–H groups in total. The SMILES string of the molecule is [Ca+2].[O-]c1ccccc1[O-].[O-]c1ccccc1[O-]. The van der Waals surface area contributed by atoms with Crippen molar-refractivity contribution in [1.82, 2.24) is 0 Å². The van der Waals surface area contributed by atoms with E-state index in [-0.39, 0.29) is 37.7 Å². The van der Waals surface area contributed by atoms with Crippen LogP contribution in [0, 0.1) is 0 Å². The minimum atomic E-state index is -0.437. The molecule has 0 aliphatic carbocycles. The summed E-state index contributed by atoms with van der Waals surface area (Å²) in [7, 11) is 0. The van der Waals surface area contributed by atoms with Crippen molar-refractivity contribution < 1.29 is 20.4 Å². The Bertz CT molecular complexity index is 374. The average molecular weight is 256 g/mol. The van der Waals surface area contributed by atoms with Gasteiger partial charge < -0.3 is 20.4 Å². The van der Waals surface area contributed by atoms with E-state index in [4.69, 9.17) is 0 Å². The van der Waals surface area contributed by atoms with E-state index in [9.17, 15) is 20.4 Å². The Hall–Kier alpha value is -1.10. The van der Waals surface area contributed by atoms with Gasteiger partial charge in [-0.25, -0.2) is 0 Å². The van der Waals surface area contributed by atoms with Gasteiger partial charge in [-0.1, -0.05) is 48.5 Å². The van der Waals surface area contributed by atoms with E-state index >= 15 is 0 Å². The van der Waals surface area contributed by atoms with Gasteiger partial charge in [-0.05, 0) is 0 Å². The molecule has 0 saturated heterocycles. The van der Waals surface area contributed by atoms with Crippen LogP contribution in [0.5, 0.6) is 23.0 Å². The molecular formula is C12H8CaO4-2. The van der Waals surface area contributed by atoms with Crippen molar-refractivity contribution in [1.29, 1.82) is 0 Å². The zero-order valence-corrected chi connectivity index (χ0v) is 11.2. The minimum absolute atomic E-state index is 0. The topological polar surface area (TPSA) is 92.2 Å². The second-order valence-corrected chi connectivity index (χ2v) is 2.89. The molecule has 0 radical (unpaired) electrons. The molecule has 0 aliphatic heterocycles. The van der Waals surface area contributed by atoms with Crippen LogP contribution in [0.1, 0.15) is 0 Å². The molecule has 5 heteroatoms. The summed E-state index contributed by atoms with van der Waals surface area (Å²) in [5.74, 6) is -1.75. The first-order valence-electron chi connectivity index (χ1n) is 4.47. The molecule has 17 heavy (non-hydrogen) atoms. The van der Waals surface area contributed by atoms with Crippen LogP contribution >= 0.6 is 0 Å². The molecule has 2 rings (SSSR count). The van der Waals surface area contributed by atoms with Gasteiger partial charge in [0.25, 0.3) is 0 Å². The van der Waals surface area contributed by atoms with Crippen molar-refractivity contribution in [2.24, 2.45) is 0 Å². The van der Waals surface area contributed by atoms with E-state index in [0.717, 1.165) is 0 Å². The third kappa shape index (κ3) is 5.68. The number of para-hydroxylation sites is 4. The van der Waals surface area contributed by atoms with Crippen LogP contribution in [0.3, 0.4) is 0 Å². The molecule has 0 aromatic heterocycles. The molecule has 0 aliphatic rings. The number of rotatable bonds is 0. The van der Waals surface area contributed by atoms with E-state index in [0.29, 0.717) is 0 Å². The van der Waals surface area contributed by atoms with Gasteiger partial charge in [0.1, 0.15) is 0 Å². The maximum absolute atomic E-state index is 10.3. The molecule has 4 nitrogen and oxygen atoms in total. The average Bonchev–Trinajstić information content (AvgIpc) is 2.28. The van der Waals surface area contributed by atoms with E-state index in [1.165, 1.54) is 24.3 Å². The largest absolute Gasteiger partial charge is 2.00 e. The first kappa shape index (κ1) is 15.9. The first-order chi connectivity index (χ1) is 7.61. The van der Waals surface area contributed by atoms with E-state index in [1.54, 1.807) is 24.3 Å². The van der Waals surface area contributed by atoms with Crippen LogP contribution in [-0.4, -0.2) is 37.7 Å². The Morgan fingerprint density at radius 3 is 0.765 bits per heavy atom. The molecule has 0 amide bonds. The summed E-state index contributed by atoms with van der Waals surface area (Å²) in [6.07, 6.45) is 0. The zero-order chi connectivity index (χ0) is 12.0. The summed E-state index contributed by atoms with van der Waals surface area (Å²) in [5.41, 5.74) is 0. The molecule has 2 aromatic rings. The summed E-state index contributed by atoms with van der Waals surface area (Å²) in [5, 5.41) is 41.2. The third-order valence-corrected chi connectivity index (χ3v) is 1.70. The van der Waals surface area contributed by atoms with Crippen molar-refractivity contribution >= 4 is 37.7 Å². The van der Waals surface area contributed by atoms with Crippen molar-refractivity contribution in [2.45, 2.75) is 0 Å². The predicted octanol–water partition coefficient (Wildman–Crippen LogP) is -0.713. The van der Waals surface area contributed by atoms with E-state index in [2.05, 4.69) is 0 Å². The molecule has 0 atom stereocenters. The smallest absolute Gasteiger partial charge is 0.873 e. The Kier molecular flexibility index (Phi) is 7.54. The molecule has 0 bridgehead atoms. The fraction of sp³-hybridized carbons (Fsp3) is 0. The van der Waals surface area contributed by atoms with Crippen molar-refractivity contribution in [2.75, 3.05) is 0 Å². The zero-order valence-electron chi connectivity index (χ0n) is 8.96. The van der Waals surface area contributed by atoms with Crippen LogP contribution in [0.2, 0.25) is 0 Å². The van der Waals surface area contributed by atoms with Crippen LogP contribution in [0.4, 0.5) is 0 Å². The molecule has 0 spiro atoms. The minimum Gasteiger partial charge on any atom is -0.873 e. The molecular weight excluding hydrogens is 248 g/mol. The van der Waals surface area contributed by atoms with Gasteiger partial charge in [0, 0.05) is 0 Å². The fourth-order valence-electron chi connectivity index (χ4n) is 0.900. The van der Waals surface area contributed by atoms with Crippen LogP contribution in [-0.2, 0) is 0 Å². The third-order valence-electron chi connectivity index (χ3n) is 1.70. The summed E-state index contributed by atoms with van der Waals surface area (Å²) >= 11 is 0. The molecule has 0 fully saturated rings. The van der Waals surface area contributed by atoms with Crippen molar-refractivity contribution in [3.63, 3.8) is 0 Å². The van der Waals surface area contributed by atoms with Crippen molar-refractivity contribution in [3.8, 4) is 23.0 Å². The molecule has 0 saturated carbocycles. The van der Waals surface area contributed by atoms with Gasteiger partial charge in [-0.2, -0.15) is 0 Å². The van der Waals surface area contributed by atoms with Gasteiger partial charge >= 0.3 is 37.7 Å². The Morgan fingerprint density at radius 1 is 0.471 bits per heavy atom. The number of benzene rings is 2. The van der Waals surface area contributed by atoms with Gasteiger partial charge in [0.2, 0.25) is 0 Å². The van der Waals surface area contributed by atoms with Gasteiger partial charge in [0.15, 0.2) is 0 Å². The Morgan fingerprint density at radius 2 is 0.647 bits per heavy atom. The van der Waals surface area contributed by atoms with Gasteiger partial charge in [-0.3, -0.25) is 0 Å². The van der Waals surface area contributed by atoms with E-state index < -0.39 is 23.0 Å². The number of hydrogen-bond donors (Lipinski definition) is 0. The summed E-state index contributed by atoms with van der Waals surface area (Å²) in [4.78, 5) is 0. The predicted molar refractivity (Wildman–Crippen MR) is 56.4 cm³/mol. The van der Waals surface area contributed by atoms with Crippen molar-refractivity contribution in [3.05, 3.63) is 48.5 Å². The fourth-order valence-corrected chi connectivity index (χ4v) is 0.900. The second-order valence-electron chi connectivity index (χ2n) is 2.89. The summed E-state index contributed by atoms with van der Waals surface area (Å²) in [6.45, 7) is 0. The van der Waals surface area contributed by atoms with Gasteiger partial charge in [0.05, 0.1) is 0 Å². The molecule has 0 unspecified atom stereocenters. The number of hydrogen-bond acceptors (Lipinski definition) is 4. The standard InChI is InChI=1S/2C6H6O2.Ca/c2*7-5-3-1-2-4-6(5)8;/h2*1-4,7-8H;/q;;+2/p-4. The van der Waals surface area contributed by atoms with Crippen LogP contribution in [0.25, 0.3) is 0 Å². The van der Waals surface area contributed by atoms with Crippen LogP contribution < -0.4 is 20.4 Å². The normalized spacial score (nSPS) is 8.47. The summed E-state index contributed by atoms with van der Waals surface area (Å²) in [6, 6.07) is 11.2. The Balaban J connectivity index is 0.000000284. The van der Waals surface area contributed by atoms with E-state index in [1.807, 2.05) is 0 Å². The molecule has 2 aromatic carbocycles. The monoisotopic (exact) mass is 256 g/mol. The van der Waals surface area contributed by atoms with Gasteiger partial charge in [-0.15, -0.1) is 23.0 Å². The molecule has 0 heterocycles. The quantitative estimate of drug-likeness (QED) is 0.582. The second kappa shape index (κ2) is 8.06. The maximum atomic E-state index is 10.3.